The highest BCUT2D eigenvalue weighted by Crippen LogP contribution is 2.32. The first-order chi connectivity index (χ1) is 17.0. The lowest BCUT2D eigenvalue weighted by molar-refractivity contribution is 0.233. The van der Waals surface area contributed by atoms with Crippen molar-refractivity contribution in [1.82, 2.24) is 4.90 Å². The van der Waals surface area contributed by atoms with Crippen molar-refractivity contribution in [2.75, 3.05) is 20.2 Å². The maximum atomic E-state index is 13.0. The Morgan fingerprint density at radius 1 is 1.09 bits per heavy atom. The van der Waals surface area contributed by atoms with Gasteiger partial charge in [0.1, 0.15) is 17.1 Å². The van der Waals surface area contributed by atoms with E-state index in [2.05, 4.69) is 11.9 Å². The first kappa shape index (κ1) is 23.5. The molecule has 180 valence electrons. The smallest absolute Gasteiger partial charge is 0.344 e. The summed E-state index contributed by atoms with van der Waals surface area (Å²) in [5.41, 5.74) is 3.04. The number of nitrogens with zero attached hydrogens (tertiary/aromatic N) is 1. The standard InChI is InChI=1S/C29H28ClNO4/c1-31-15-2-3-22(31)14-16-34-24-11-4-19(5-12-24)17-26-25-13-10-23(32)18-27(25)35-29(33)28(26)20-6-8-21(30)9-7-20/h4-13,18,22,32H,2-3,14-17H2,1H3. The molecule has 6 heteroatoms. The highest BCUT2D eigenvalue weighted by Gasteiger charge is 2.20. The Labute approximate surface area is 209 Å². The normalized spacial score (nSPS) is 16.1. The summed E-state index contributed by atoms with van der Waals surface area (Å²) in [5.74, 6) is 0.894. The van der Waals surface area contributed by atoms with Crippen LogP contribution in [-0.2, 0) is 6.42 Å². The first-order valence-electron chi connectivity index (χ1n) is 11.9. The van der Waals surface area contributed by atoms with Crippen molar-refractivity contribution in [2.24, 2.45) is 0 Å². The van der Waals surface area contributed by atoms with Gasteiger partial charge in [0, 0.05) is 22.5 Å². The second-order valence-corrected chi connectivity index (χ2v) is 9.60. The molecule has 1 N–H and O–H groups in total. The summed E-state index contributed by atoms with van der Waals surface area (Å²) in [6.07, 6.45) is 4.06. The van der Waals surface area contributed by atoms with E-state index in [1.54, 1.807) is 24.3 Å². The molecule has 0 aliphatic carbocycles. The number of phenolic OH excluding ortho intramolecular Hbond substituents is 1. The zero-order valence-electron chi connectivity index (χ0n) is 19.7. The van der Waals surface area contributed by atoms with Crippen molar-refractivity contribution in [1.29, 1.82) is 0 Å². The average molecular weight is 490 g/mol. The minimum atomic E-state index is -0.447. The molecule has 0 spiro atoms. The maximum absolute atomic E-state index is 13.0. The molecule has 0 saturated carbocycles. The van der Waals surface area contributed by atoms with Crippen LogP contribution in [0.1, 0.15) is 30.4 Å². The quantitative estimate of drug-likeness (QED) is 0.310. The Morgan fingerprint density at radius 2 is 1.86 bits per heavy atom. The van der Waals surface area contributed by atoms with Gasteiger partial charge in [-0.05, 0) is 92.4 Å². The Kier molecular flexibility index (Phi) is 6.80. The highest BCUT2D eigenvalue weighted by atomic mass is 35.5. The van der Waals surface area contributed by atoms with Crippen LogP contribution in [0.3, 0.4) is 0 Å². The van der Waals surface area contributed by atoms with E-state index in [1.165, 1.54) is 25.5 Å². The predicted octanol–water partition coefficient (Wildman–Crippen LogP) is 6.27. The molecule has 1 aromatic heterocycles. The summed E-state index contributed by atoms with van der Waals surface area (Å²) in [5, 5.41) is 11.3. The zero-order chi connectivity index (χ0) is 24.4. The average Bonchev–Trinajstić information content (AvgIpc) is 3.25. The van der Waals surface area contributed by atoms with Crippen molar-refractivity contribution in [2.45, 2.75) is 31.7 Å². The molecule has 0 bridgehead atoms. The fourth-order valence-corrected chi connectivity index (χ4v) is 5.04. The summed E-state index contributed by atoms with van der Waals surface area (Å²) in [6.45, 7) is 1.87. The van der Waals surface area contributed by atoms with Gasteiger partial charge in [0.25, 0.3) is 0 Å². The van der Waals surface area contributed by atoms with Crippen molar-refractivity contribution in [3.63, 3.8) is 0 Å². The number of phenols is 1. The highest BCUT2D eigenvalue weighted by molar-refractivity contribution is 6.30. The third-order valence-electron chi connectivity index (χ3n) is 6.83. The number of ether oxygens (including phenoxy) is 1. The van der Waals surface area contributed by atoms with Gasteiger partial charge in [-0.3, -0.25) is 0 Å². The lowest BCUT2D eigenvalue weighted by atomic mass is 9.93. The number of rotatable bonds is 7. The van der Waals surface area contributed by atoms with Crippen molar-refractivity contribution in [3.8, 4) is 22.6 Å². The molecule has 1 atom stereocenters. The van der Waals surface area contributed by atoms with Gasteiger partial charge in [0.15, 0.2) is 0 Å². The Morgan fingerprint density at radius 3 is 2.57 bits per heavy atom. The monoisotopic (exact) mass is 489 g/mol. The molecule has 1 aliphatic heterocycles. The van der Waals surface area contributed by atoms with Crippen LogP contribution in [0.15, 0.2) is 75.9 Å². The third kappa shape index (κ3) is 5.21. The molecule has 1 unspecified atom stereocenters. The minimum Gasteiger partial charge on any atom is -0.508 e. The minimum absolute atomic E-state index is 0.0520. The first-order valence-corrected chi connectivity index (χ1v) is 12.3. The molecule has 1 saturated heterocycles. The molecular weight excluding hydrogens is 462 g/mol. The van der Waals surface area contributed by atoms with Crippen LogP contribution < -0.4 is 10.4 Å². The molecule has 35 heavy (non-hydrogen) atoms. The molecule has 0 amide bonds. The predicted molar refractivity (Wildman–Crippen MR) is 140 cm³/mol. The SMILES string of the molecule is CN1CCCC1CCOc1ccc(Cc2c(-c3ccc(Cl)cc3)c(=O)oc3cc(O)ccc23)cc1. The summed E-state index contributed by atoms with van der Waals surface area (Å²) >= 11 is 6.07. The van der Waals surface area contributed by atoms with E-state index in [4.69, 9.17) is 20.8 Å². The van der Waals surface area contributed by atoms with Gasteiger partial charge in [0.2, 0.25) is 0 Å². The lowest BCUT2D eigenvalue weighted by Gasteiger charge is -2.19. The van der Waals surface area contributed by atoms with Crippen molar-refractivity contribution < 1.29 is 14.3 Å². The maximum Gasteiger partial charge on any atom is 0.344 e. The fourth-order valence-electron chi connectivity index (χ4n) is 4.91. The van der Waals surface area contributed by atoms with Crippen molar-refractivity contribution in [3.05, 3.63) is 93.3 Å². The van der Waals surface area contributed by atoms with Gasteiger partial charge in [-0.25, -0.2) is 4.79 Å². The number of halogens is 1. The van der Waals surface area contributed by atoms with Crippen LogP contribution >= 0.6 is 11.6 Å². The van der Waals surface area contributed by atoms with Crippen LogP contribution in [0.4, 0.5) is 0 Å². The second-order valence-electron chi connectivity index (χ2n) is 9.16. The van der Waals surface area contributed by atoms with Crippen LogP contribution in [-0.4, -0.2) is 36.2 Å². The lowest BCUT2D eigenvalue weighted by Crippen LogP contribution is -2.26. The Balaban J connectivity index is 1.42. The van der Waals surface area contributed by atoms with Crippen LogP contribution in [0.2, 0.25) is 5.02 Å². The number of aromatic hydroxyl groups is 1. The van der Waals surface area contributed by atoms with E-state index >= 15 is 0 Å². The molecular formula is C29H28ClNO4. The van der Waals surface area contributed by atoms with Crippen LogP contribution in [0, 0.1) is 0 Å². The van der Waals surface area contributed by atoms with Gasteiger partial charge in [-0.15, -0.1) is 0 Å². The largest absolute Gasteiger partial charge is 0.508 e. The molecule has 0 radical (unpaired) electrons. The molecule has 1 fully saturated rings. The third-order valence-corrected chi connectivity index (χ3v) is 7.08. The summed E-state index contributed by atoms with van der Waals surface area (Å²) in [6, 6.07) is 20.7. The second kappa shape index (κ2) is 10.1. The molecule has 5 nitrogen and oxygen atoms in total. The van der Waals surface area contributed by atoms with Gasteiger partial charge in [-0.1, -0.05) is 35.9 Å². The number of likely N-dealkylation sites (tertiary alicyclic amines) is 1. The number of fused-ring (bicyclic) bond motifs is 1. The fraction of sp³-hybridized carbons (Fsp3) is 0.276. The summed E-state index contributed by atoms with van der Waals surface area (Å²) < 4.78 is 11.6. The van der Waals surface area contributed by atoms with Gasteiger partial charge in [-0.2, -0.15) is 0 Å². The van der Waals surface area contributed by atoms with E-state index in [0.717, 1.165) is 34.2 Å². The molecule has 5 rings (SSSR count). The van der Waals surface area contributed by atoms with E-state index in [9.17, 15) is 9.90 Å². The number of hydrogen-bond acceptors (Lipinski definition) is 5. The van der Waals surface area contributed by atoms with Gasteiger partial charge in [0.05, 0.1) is 12.2 Å². The van der Waals surface area contributed by atoms with E-state index in [-0.39, 0.29) is 5.75 Å². The van der Waals surface area contributed by atoms with E-state index < -0.39 is 5.63 Å². The molecule has 4 aromatic rings. The molecule has 3 aromatic carbocycles. The summed E-state index contributed by atoms with van der Waals surface area (Å²) in [4.78, 5) is 15.4. The number of benzene rings is 3. The van der Waals surface area contributed by atoms with E-state index in [1.807, 2.05) is 36.4 Å². The van der Waals surface area contributed by atoms with Crippen LogP contribution in [0.25, 0.3) is 22.1 Å². The molecule has 1 aliphatic rings. The molecule has 2 heterocycles. The Bertz CT molecular complexity index is 1380. The number of hydrogen-bond donors (Lipinski definition) is 1. The van der Waals surface area contributed by atoms with Crippen molar-refractivity contribution >= 4 is 22.6 Å². The van der Waals surface area contributed by atoms with Gasteiger partial charge < -0.3 is 19.2 Å². The Hall–Kier alpha value is -3.28. The topological polar surface area (TPSA) is 62.9 Å². The summed E-state index contributed by atoms with van der Waals surface area (Å²) in [7, 11) is 2.18. The zero-order valence-corrected chi connectivity index (χ0v) is 20.4. The van der Waals surface area contributed by atoms with E-state index in [0.29, 0.717) is 35.2 Å². The van der Waals surface area contributed by atoms with Crippen LogP contribution in [0.5, 0.6) is 11.5 Å². The van der Waals surface area contributed by atoms with Gasteiger partial charge >= 0.3 is 5.63 Å².